The van der Waals surface area contributed by atoms with Gasteiger partial charge < -0.3 is 5.73 Å². The number of rotatable bonds is 3. The first-order chi connectivity index (χ1) is 9.65. The molecule has 8 nitrogen and oxygen atoms in total. The Morgan fingerprint density at radius 1 is 1.25 bits per heavy atom. The Balaban J connectivity index is 1.98. The number of H-pyrrole nitrogens is 1. The molecule has 0 radical (unpaired) electrons. The molecule has 0 fully saturated rings. The van der Waals surface area contributed by atoms with Crippen molar-refractivity contribution >= 4 is 17.5 Å². The van der Waals surface area contributed by atoms with E-state index in [1.54, 1.807) is 24.3 Å². The van der Waals surface area contributed by atoms with Gasteiger partial charge in [0.05, 0.1) is 6.42 Å². The van der Waals surface area contributed by atoms with Crippen LogP contribution >= 0.6 is 0 Å². The maximum atomic E-state index is 12.1. The number of nitrogens with zero attached hydrogens (tertiary/aromatic N) is 4. The second kappa shape index (κ2) is 4.57. The number of aromatic amines is 1. The molecule has 0 atom stereocenters. The molecule has 8 heteroatoms. The zero-order chi connectivity index (χ0) is 14.1. The van der Waals surface area contributed by atoms with Crippen LogP contribution in [0, 0.1) is 0 Å². The summed E-state index contributed by atoms with van der Waals surface area (Å²) in [4.78, 5) is 26.4. The van der Waals surface area contributed by atoms with Crippen LogP contribution in [0.3, 0.4) is 0 Å². The monoisotopic (exact) mass is 270 g/mol. The van der Waals surface area contributed by atoms with Gasteiger partial charge in [-0.05, 0) is 0 Å². The number of nitrogens with one attached hydrogen (secondary N) is 1. The average molecular weight is 270 g/mol. The van der Waals surface area contributed by atoms with E-state index < -0.39 is 5.56 Å². The second-order valence-corrected chi connectivity index (χ2v) is 4.16. The van der Waals surface area contributed by atoms with Crippen molar-refractivity contribution in [1.82, 2.24) is 24.8 Å². The summed E-state index contributed by atoms with van der Waals surface area (Å²) in [7, 11) is 0. The van der Waals surface area contributed by atoms with Crippen molar-refractivity contribution in [3.8, 4) is 0 Å². The van der Waals surface area contributed by atoms with Crippen LogP contribution in [-0.4, -0.2) is 30.6 Å². The molecule has 0 aliphatic carbocycles. The van der Waals surface area contributed by atoms with Gasteiger partial charge in [-0.1, -0.05) is 30.3 Å². The molecule has 100 valence electrons. The van der Waals surface area contributed by atoms with Crippen molar-refractivity contribution in [2.24, 2.45) is 0 Å². The van der Waals surface area contributed by atoms with Crippen LogP contribution in [0.2, 0.25) is 0 Å². The largest absolute Gasteiger partial charge is 0.366 e. The lowest BCUT2D eigenvalue weighted by atomic mass is 10.1. The standard InChI is InChI=1S/C12H10N6O2/c13-11-15-16-12-14-10(20)8(17-18(11)12)6-9(19)7-4-2-1-3-5-7/h1-5H,6H2,(H2,13,15)(H,14,16,20). The van der Waals surface area contributed by atoms with Gasteiger partial charge in [-0.25, -0.2) is 0 Å². The van der Waals surface area contributed by atoms with Gasteiger partial charge in [0, 0.05) is 5.56 Å². The van der Waals surface area contributed by atoms with Crippen molar-refractivity contribution < 1.29 is 4.79 Å². The molecular formula is C12H10N6O2. The summed E-state index contributed by atoms with van der Waals surface area (Å²) in [6.45, 7) is 0. The Morgan fingerprint density at radius 2 is 2.00 bits per heavy atom. The fourth-order valence-electron chi connectivity index (χ4n) is 1.80. The Hall–Kier alpha value is -3.03. The van der Waals surface area contributed by atoms with Crippen molar-refractivity contribution in [3.63, 3.8) is 0 Å². The van der Waals surface area contributed by atoms with E-state index in [0.29, 0.717) is 5.56 Å². The van der Waals surface area contributed by atoms with E-state index in [4.69, 9.17) is 5.73 Å². The minimum absolute atomic E-state index is 0.0460. The van der Waals surface area contributed by atoms with Crippen LogP contribution in [0.4, 0.5) is 5.95 Å². The third-order valence-electron chi connectivity index (χ3n) is 2.80. The fourth-order valence-corrected chi connectivity index (χ4v) is 1.80. The summed E-state index contributed by atoms with van der Waals surface area (Å²) < 4.78 is 1.19. The normalized spacial score (nSPS) is 10.8. The van der Waals surface area contributed by atoms with E-state index in [1.165, 1.54) is 4.52 Å². The smallest absolute Gasteiger partial charge is 0.274 e. The van der Waals surface area contributed by atoms with Crippen LogP contribution < -0.4 is 11.3 Å². The highest BCUT2D eigenvalue weighted by atomic mass is 16.1. The van der Waals surface area contributed by atoms with E-state index in [2.05, 4.69) is 20.3 Å². The lowest BCUT2D eigenvalue weighted by molar-refractivity contribution is 0.0991. The van der Waals surface area contributed by atoms with Gasteiger partial charge in [0.15, 0.2) is 5.78 Å². The number of nitrogens with two attached hydrogens (primary N) is 1. The molecule has 0 spiro atoms. The van der Waals surface area contributed by atoms with E-state index in [-0.39, 0.29) is 29.6 Å². The minimum atomic E-state index is -0.478. The summed E-state index contributed by atoms with van der Waals surface area (Å²) in [6, 6.07) is 8.69. The number of carbonyl (C=O) groups excluding carboxylic acids is 1. The van der Waals surface area contributed by atoms with Gasteiger partial charge in [0.1, 0.15) is 5.69 Å². The number of fused-ring (bicyclic) bond motifs is 1. The molecule has 0 aliphatic heterocycles. The molecule has 3 N–H and O–H groups in total. The van der Waals surface area contributed by atoms with Gasteiger partial charge in [-0.15, -0.1) is 10.2 Å². The van der Waals surface area contributed by atoms with Crippen molar-refractivity contribution in [2.75, 3.05) is 5.73 Å². The third-order valence-corrected chi connectivity index (χ3v) is 2.80. The predicted molar refractivity (Wildman–Crippen MR) is 70.3 cm³/mol. The minimum Gasteiger partial charge on any atom is -0.366 e. The number of Topliss-reactive ketones (excluding diaryl/α,β-unsaturated/α-hetero) is 1. The maximum Gasteiger partial charge on any atom is 0.274 e. The molecule has 3 aromatic rings. The molecule has 0 unspecified atom stereocenters. The first-order valence-corrected chi connectivity index (χ1v) is 5.83. The Morgan fingerprint density at radius 3 is 2.75 bits per heavy atom. The Bertz CT molecular complexity index is 836. The molecule has 20 heavy (non-hydrogen) atoms. The number of hydrogen-bond donors (Lipinski definition) is 2. The summed E-state index contributed by atoms with van der Waals surface area (Å²) >= 11 is 0. The zero-order valence-electron chi connectivity index (χ0n) is 10.3. The summed E-state index contributed by atoms with van der Waals surface area (Å²) in [5.41, 5.74) is 5.67. The maximum absolute atomic E-state index is 12.1. The molecule has 2 aromatic heterocycles. The van der Waals surface area contributed by atoms with Crippen molar-refractivity contribution in [2.45, 2.75) is 6.42 Å². The van der Waals surface area contributed by atoms with Gasteiger partial charge in [0.25, 0.3) is 11.3 Å². The van der Waals surface area contributed by atoms with E-state index in [1.807, 2.05) is 6.07 Å². The SMILES string of the molecule is Nc1nnc2[nH]c(=O)c(CC(=O)c3ccccc3)nn12. The second-order valence-electron chi connectivity index (χ2n) is 4.16. The van der Waals surface area contributed by atoms with Crippen LogP contribution in [-0.2, 0) is 6.42 Å². The topological polar surface area (TPSA) is 119 Å². The van der Waals surface area contributed by atoms with Gasteiger partial charge in [0.2, 0.25) is 5.95 Å². The van der Waals surface area contributed by atoms with Gasteiger partial charge >= 0.3 is 0 Å². The molecule has 0 saturated heterocycles. The number of hydrogen-bond acceptors (Lipinski definition) is 6. The molecule has 0 aliphatic rings. The predicted octanol–water partition coefficient (Wildman–Crippen LogP) is -0.180. The molecule has 0 saturated carbocycles. The number of carbonyl (C=O) groups is 1. The highest BCUT2D eigenvalue weighted by molar-refractivity contribution is 5.97. The van der Waals surface area contributed by atoms with E-state index in [9.17, 15) is 9.59 Å². The third kappa shape index (κ3) is 2.03. The van der Waals surface area contributed by atoms with Crippen LogP contribution in [0.15, 0.2) is 35.1 Å². The highest BCUT2D eigenvalue weighted by Gasteiger charge is 2.14. The lowest BCUT2D eigenvalue weighted by Crippen LogP contribution is -2.22. The quantitative estimate of drug-likeness (QED) is 0.637. The number of anilines is 1. The highest BCUT2D eigenvalue weighted by Crippen LogP contribution is 2.04. The van der Waals surface area contributed by atoms with E-state index >= 15 is 0 Å². The first kappa shape index (κ1) is 12.0. The summed E-state index contributed by atoms with van der Waals surface area (Å²) in [5.74, 6) is -0.0114. The van der Waals surface area contributed by atoms with Crippen molar-refractivity contribution in [1.29, 1.82) is 0 Å². The van der Waals surface area contributed by atoms with Crippen molar-refractivity contribution in [3.05, 3.63) is 51.9 Å². The molecule has 1 aromatic carbocycles. The average Bonchev–Trinajstić information content (AvgIpc) is 2.81. The number of aromatic nitrogens is 5. The molecular weight excluding hydrogens is 260 g/mol. The number of ketones is 1. The molecule has 0 bridgehead atoms. The van der Waals surface area contributed by atoms with Gasteiger partial charge in [-0.2, -0.15) is 9.61 Å². The molecule has 2 heterocycles. The number of benzene rings is 1. The molecule has 0 amide bonds. The van der Waals surface area contributed by atoms with Crippen LogP contribution in [0.1, 0.15) is 16.1 Å². The van der Waals surface area contributed by atoms with Crippen LogP contribution in [0.5, 0.6) is 0 Å². The lowest BCUT2D eigenvalue weighted by Gasteiger charge is -2.01. The van der Waals surface area contributed by atoms with Gasteiger partial charge in [-0.3, -0.25) is 14.6 Å². The van der Waals surface area contributed by atoms with Crippen LogP contribution in [0.25, 0.3) is 5.78 Å². The number of nitrogen functional groups attached to an aromatic ring is 1. The Kier molecular flexibility index (Phi) is 2.75. The first-order valence-electron chi connectivity index (χ1n) is 5.83. The summed E-state index contributed by atoms with van der Waals surface area (Å²) in [6.07, 6.45) is -0.118. The summed E-state index contributed by atoms with van der Waals surface area (Å²) in [5, 5.41) is 11.2. The van der Waals surface area contributed by atoms with E-state index in [0.717, 1.165) is 0 Å². The molecule has 3 rings (SSSR count). The Labute approximate surface area is 112 Å². The fraction of sp³-hybridized carbons (Fsp3) is 0.0833. The zero-order valence-corrected chi connectivity index (χ0v) is 10.3.